The van der Waals surface area contributed by atoms with Gasteiger partial charge in [-0.05, 0) is 42.8 Å². The first-order chi connectivity index (χ1) is 10.6. The predicted octanol–water partition coefficient (Wildman–Crippen LogP) is 4.14. The number of fused-ring (bicyclic) bond motifs is 1. The number of nitrogens with one attached hydrogen (secondary N) is 1. The maximum absolute atomic E-state index is 12.1. The number of para-hydroxylation sites is 2. The Morgan fingerprint density at radius 3 is 2.91 bits per heavy atom. The fourth-order valence-electron chi connectivity index (χ4n) is 2.36. The number of aromatic nitrogens is 2. The summed E-state index contributed by atoms with van der Waals surface area (Å²) in [5.41, 5.74) is 3.92. The molecule has 2 aromatic carbocycles. The van der Waals surface area contributed by atoms with Crippen molar-refractivity contribution >= 4 is 38.6 Å². The van der Waals surface area contributed by atoms with Gasteiger partial charge in [-0.25, -0.2) is 4.98 Å². The van der Waals surface area contributed by atoms with E-state index in [0.29, 0.717) is 13.0 Å². The Morgan fingerprint density at radius 2 is 2.09 bits per heavy atom. The van der Waals surface area contributed by atoms with Crippen molar-refractivity contribution in [1.29, 1.82) is 0 Å². The van der Waals surface area contributed by atoms with Crippen molar-refractivity contribution in [3.8, 4) is 0 Å². The van der Waals surface area contributed by atoms with Crippen LogP contribution in [-0.2, 0) is 11.3 Å². The first kappa shape index (κ1) is 14.8. The summed E-state index contributed by atoms with van der Waals surface area (Å²) in [7, 11) is 0. The van der Waals surface area contributed by atoms with Gasteiger partial charge in [-0.15, -0.1) is 0 Å². The van der Waals surface area contributed by atoms with Gasteiger partial charge in [-0.1, -0.05) is 28.1 Å². The summed E-state index contributed by atoms with van der Waals surface area (Å²) in [6.07, 6.45) is 2.19. The molecule has 5 heteroatoms. The zero-order chi connectivity index (χ0) is 15.5. The number of amides is 1. The summed E-state index contributed by atoms with van der Waals surface area (Å²) in [4.78, 5) is 16.4. The molecule has 0 aliphatic carbocycles. The quantitative estimate of drug-likeness (QED) is 0.762. The average molecular weight is 358 g/mol. The van der Waals surface area contributed by atoms with Crippen molar-refractivity contribution in [1.82, 2.24) is 9.55 Å². The summed E-state index contributed by atoms with van der Waals surface area (Å²) in [6, 6.07) is 13.7. The van der Waals surface area contributed by atoms with Crippen molar-refractivity contribution in [2.45, 2.75) is 19.9 Å². The smallest absolute Gasteiger partial charge is 0.226 e. The van der Waals surface area contributed by atoms with Gasteiger partial charge in [-0.2, -0.15) is 0 Å². The maximum Gasteiger partial charge on any atom is 0.226 e. The molecule has 22 heavy (non-hydrogen) atoms. The Labute approximate surface area is 137 Å². The van der Waals surface area contributed by atoms with Crippen LogP contribution in [0.3, 0.4) is 0 Å². The van der Waals surface area contributed by atoms with Crippen molar-refractivity contribution in [3.63, 3.8) is 0 Å². The van der Waals surface area contributed by atoms with Crippen LogP contribution < -0.4 is 5.32 Å². The van der Waals surface area contributed by atoms with E-state index in [-0.39, 0.29) is 5.91 Å². The molecule has 4 nitrogen and oxygen atoms in total. The molecule has 0 spiro atoms. The fourth-order valence-corrected chi connectivity index (χ4v) is 2.60. The van der Waals surface area contributed by atoms with Crippen molar-refractivity contribution in [3.05, 3.63) is 58.8 Å². The van der Waals surface area contributed by atoms with E-state index in [9.17, 15) is 4.79 Å². The molecule has 1 aromatic heterocycles. The van der Waals surface area contributed by atoms with E-state index in [2.05, 4.69) is 26.2 Å². The van der Waals surface area contributed by atoms with E-state index in [1.165, 1.54) is 0 Å². The SMILES string of the molecule is Cc1cc(NC(=O)CCn2cnc3ccccc32)ccc1Br. The zero-order valence-electron chi connectivity index (χ0n) is 12.2. The normalized spacial score (nSPS) is 10.8. The van der Waals surface area contributed by atoms with Gasteiger partial charge in [0.05, 0.1) is 17.4 Å². The van der Waals surface area contributed by atoms with Gasteiger partial charge >= 0.3 is 0 Å². The van der Waals surface area contributed by atoms with Gasteiger partial charge in [0.15, 0.2) is 0 Å². The topological polar surface area (TPSA) is 46.9 Å². The van der Waals surface area contributed by atoms with Crippen LogP contribution in [0.25, 0.3) is 11.0 Å². The summed E-state index contributed by atoms with van der Waals surface area (Å²) < 4.78 is 3.04. The van der Waals surface area contributed by atoms with Crippen LogP contribution in [0.1, 0.15) is 12.0 Å². The van der Waals surface area contributed by atoms with Crippen LogP contribution in [0.15, 0.2) is 53.3 Å². The first-order valence-electron chi connectivity index (χ1n) is 7.09. The number of hydrogen-bond donors (Lipinski definition) is 1. The van der Waals surface area contributed by atoms with Gasteiger partial charge < -0.3 is 9.88 Å². The van der Waals surface area contributed by atoms with Gasteiger partial charge in [0.25, 0.3) is 0 Å². The fraction of sp³-hybridized carbons (Fsp3) is 0.176. The molecule has 3 aromatic rings. The molecule has 112 valence electrons. The number of nitrogens with zero attached hydrogens (tertiary/aromatic N) is 2. The highest BCUT2D eigenvalue weighted by Gasteiger charge is 2.06. The maximum atomic E-state index is 12.1. The van der Waals surface area contributed by atoms with Gasteiger partial charge in [-0.3, -0.25) is 4.79 Å². The third-order valence-electron chi connectivity index (χ3n) is 3.55. The Morgan fingerprint density at radius 1 is 1.27 bits per heavy atom. The predicted molar refractivity (Wildman–Crippen MR) is 91.9 cm³/mol. The highest BCUT2D eigenvalue weighted by molar-refractivity contribution is 9.10. The second-order valence-electron chi connectivity index (χ2n) is 5.19. The van der Waals surface area contributed by atoms with Crippen LogP contribution in [0.4, 0.5) is 5.69 Å². The van der Waals surface area contributed by atoms with E-state index in [1.807, 2.05) is 54.0 Å². The van der Waals surface area contributed by atoms with Crippen LogP contribution in [0.5, 0.6) is 0 Å². The molecule has 0 aliphatic rings. The molecule has 0 bridgehead atoms. The van der Waals surface area contributed by atoms with E-state index in [1.54, 1.807) is 6.33 Å². The Hall–Kier alpha value is -2.14. The number of anilines is 1. The number of halogens is 1. The third kappa shape index (κ3) is 3.20. The van der Waals surface area contributed by atoms with Crippen molar-refractivity contribution < 1.29 is 4.79 Å². The molecule has 1 amide bonds. The minimum absolute atomic E-state index is 0.000460. The molecular weight excluding hydrogens is 342 g/mol. The van der Waals surface area contributed by atoms with Crippen LogP contribution >= 0.6 is 15.9 Å². The van der Waals surface area contributed by atoms with Crippen LogP contribution in [0.2, 0.25) is 0 Å². The Bertz CT molecular complexity index is 826. The zero-order valence-corrected chi connectivity index (χ0v) is 13.8. The number of imidazole rings is 1. The lowest BCUT2D eigenvalue weighted by Gasteiger charge is -2.08. The van der Waals surface area contributed by atoms with E-state index in [4.69, 9.17) is 0 Å². The summed E-state index contributed by atoms with van der Waals surface area (Å²) >= 11 is 3.45. The van der Waals surface area contributed by atoms with E-state index in [0.717, 1.165) is 26.8 Å². The molecule has 0 fully saturated rings. The minimum Gasteiger partial charge on any atom is -0.330 e. The molecule has 0 saturated heterocycles. The molecule has 0 unspecified atom stereocenters. The standard InChI is InChI=1S/C17H16BrN3O/c1-12-10-13(6-7-14(12)18)20-17(22)8-9-21-11-19-15-4-2-3-5-16(15)21/h2-7,10-11H,8-9H2,1H3,(H,20,22). The molecule has 0 saturated carbocycles. The molecular formula is C17H16BrN3O. The first-order valence-corrected chi connectivity index (χ1v) is 7.88. The van der Waals surface area contributed by atoms with E-state index < -0.39 is 0 Å². The number of hydrogen-bond acceptors (Lipinski definition) is 2. The summed E-state index contributed by atoms with van der Waals surface area (Å²) in [6.45, 7) is 2.61. The third-order valence-corrected chi connectivity index (χ3v) is 4.44. The van der Waals surface area contributed by atoms with E-state index >= 15 is 0 Å². The number of aryl methyl sites for hydroxylation is 2. The molecule has 3 rings (SSSR count). The summed E-state index contributed by atoms with van der Waals surface area (Å²) in [5, 5.41) is 2.93. The highest BCUT2D eigenvalue weighted by atomic mass is 79.9. The second kappa shape index (κ2) is 6.32. The minimum atomic E-state index is -0.000460. The van der Waals surface area contributed by atoms with Gasteiger partial charge in [0.2, 0.25) is 5.91 Å². The summed E-state index contributed by atoms with van der Waals surface area (Å²) in [5.74, 6) is -0.000460. The van der Waals surface area contributed by atoms with Crippen molar-refractivity contribution in [2.75, 3.05) is 5.32 Å². The number of carbonyl (C=O) groups is 1. The lowest BCUT2D eigenvalue weighted by atomic mass is 10.2. The molecule has 0 aliphatic heterocycles. The largest absolute Gasteiger partial charge is 0.330 e. The molecule has 1 N–H and O–H groups in total. The van der Waals surface area contributed by atoms with Crippen molar-refractivity contribution in [2.24, 2.45) is 0 Å². The van der Waals surface area contributed by atoms with Gasteiger partial charge in [0.1, 0.15) is 0 Å². The Balaban J connectivity index is 1.63. The van der Waals surface area contributed by atoms with Gasteiger partial charge in [0, 0.05) is 23.1 Å². The molecule has 0 radical (unpaired) electrons. The molecule has 1 heterocycles. The van der Waals surface area contributed by atoms with Crippen LogP contribution in [0, 0.1) is 6.92 Å². The number of rotatable bonds is 4. The number of benzene rings is 2. The Kier molecular flexibility index (Phi) is 4.24. The molecule has 0 atom stereocenters. The number of carbonyl (C=O) groups excluding carboxylic acids is 1. The highest BCUT2D eigenvalue weighted by Crippen LogP contribution is 2.20. The average Bonchev–Trinajstić information content (AvgIpc) is 2.92. The lowest BCUT2D eigenvalue weighted by Crippen LogP contribution is -2.14. The monoisotopic (exact) mass is 357 g/mol. The van der Waals surface area contributed by atoms with Crippen LogP contribution in [-0.4, -0.2) is 15.5 Å². The second-order valence-corrected chi connectivity index (χ2v) is 6.04. The lowest BCUT2D eigenvalue weighted by molar-refractivity contribution is -0.116.